The number of benzene rings is 2. The van der Waals surface area contributed by atoms with Crippen molar-refractivity contribution in [2.45, 2.75) is 26.3 Å². The smallest absolute Gasteiger partial charge is 0.225 e. The van der Waals surface area contributed by atoms with Gasteiger partial charge in [-0.25, -0.2) is 0 Å². The highest BCUT2D eigenvalue weighted by molar-refractivity contribution is 5.82. The van der Waals surface area contributed by atoms with Gasteiger partial charge in [-0.2, -0.15) is 0 Å². The van der Waals surface area contributed by atoms with Gasteiger partial charge in [-0.3, -0.25) is 4.79 Å². The van der Waals surface area contributed by atoms with Crippen molar-refractivity contribution in [2.75, 3.05) is 36.0 Å². The lowest BCUT2D eigenvalue weighted by molar-refractivity contribution is -0.125. The molecule has 0 aliphatic carbocycles. The quantitative estimate of drug-likeness (QED) is 0.925. The summed E-state index contributed by atoms with van der Waals surface area (Å²) in [5.41, 5.74) is 5.13. The van der Waals surface area contributed by atoms with Crippen LogP contribution in [-0.4, -0.2) is 38.1 Å². The molecule has 2 aromatic rings. The zero-order chi connectivity index (χ0) is 18.1. The molecule has 0 aromatic heterocycles. The average Bonchev–Trinajstić information content (AvgIpc) is 2.67. The van der Waals surface area contributed by atoms with Gasteiger partial charge in [0.15, 0.2) is 0 Å². The fourth-order valence-corrected chi connectivity index (χ4v) is 4.35. The van der Waals surface area contributed by atoms with Crippen molar-refractivity contribution >= 4 is 17.3 Å². The molecular weight excluding hydrogens is 322 g/mol. The number of anilines is 2. The second-order valence-corrected chi connectivity index (χ2v) is 7.38. The van der Waals surface area contributed by atoms with Gasteiger partial charge in [-0.05, 0) is 44.0 Å². The van der Waals surface area contributed by atoms with Gasteiger partial charge in [0, 0.05) is 37.6 Å². The Balaban J connectivity index is 1.64. The zero-order valence-corrected chi connectivity index (χ0v) is 15.6. The second-order valence-electron chi connectivity index (χ2n) is 7.38. The summed E-state index contributed by atoms with van der Waals surface area (Å²) >= 11 is 0. The van der Waals surface area contributed by atoms with Crippen LogP contribution in [0.3, 0.4) is 0 Å². The van der Waals surface area contributed by atoms with Gasteiger partial charge in [-0.1, -0.05) is 35.9 Å². The van der Waals surface area contributed by atoms with Crippen molar-refractivity contribution in [2.24, 2.45) is 5.92 Å². The Morgan fingerprint density at radius 3 is 2.65 bits per heavy atom. The highest BCUT2D eigenvalue weighted by Gasteiger charge is 2.41. The monoisotopic (exact) mass is 349 g/mol. The Morgan fingerprint density at radius 1 is 1.12 bits per heavy atom. The third-order valence-corrected chi connectivity index (χ3v) is 5.71. The van der Waals surface area contributed by atoms with Crippen molar-refractivity contribution in [1.29, 1.82) is 0 Å². The molecule has 2 aliphatic rings. The predicted octanol–water partition coefficient (Wildman–Crippen LogP) is 3.00. The van der Waals surface area contributed by atoms with Crippen LogP contribution >= 0.6 is 0 Å². The SMILES string of the molecule is CCNC(=O)[C@H]1Cc2ccccc2N2CCN(c3ccc(C)cc3)C[C@H]12. The van der Waals surface area contributed by atoms with E-state index in [4.69, 9.17) is 0 Å². The van der Waals surface area contributed by atoms with E-state index in [1.54, 1.807) is 0 Å². The Bertz CT molecular complexity index is 786. The molecule has 1 saturated heterocycles. The number of carbonyl (C=O) groups excluding carboxylic acids is 1. The minimum absolute atomic E-state index is 0.00176. The number of amides is 1. The van der Waals surface area contributed by atoms with Crippen LogP contribution in [0, 0.1) is 12.8 Å². The topological polar surface area (TPSA) is 35.6 Å². The van der Waals surface area contributed by atoms with Crippen molar-refractivity contribution in [3.63, 3.8) is 0 Å². The molecule has 0 saturated carbocycles. The zero-order valence-electron chi connectivity index (χ0n) is 15.6. The first kappa shape index (κ1) is 17.0. The molecule has 0 unspecified atom stereocenters. The normalized spacial score (nSPS) is 21.8. The Morgan fingerprint density at radius 2 is 1.88 bits per heavy atom. The molecule has 0 bridgehead atoms. The highest BCUT2D eigenvalue weighted by atomic mass is 16.1. The van der Waals surface area contributed by atoms with Crippen molar-refractivity contribution in [3.8, 4) is 0 Å². The van der Waals surface area contributed by atoms with Gasteiger partial charge in [0.1, 0.15) is 0 Å². The molecule has 1 amide bonds. The number of carbonyl (C=O) groups is 1. The Hall–Kier alpha value is -2.49. The summed E-state index contributed by atoms with van der Waals surface area (Å²) < 4.78 is 0. The standard InChI is InChI=1S/C22H27N3O/c1-3-23-22(26)19-14-17-6-4-5-7-20(17)25-13-12-24(15-21(19)25)18-10-8-16(2)9-11-18/h4-11,19,21H,3,12-15H2,1-2H3,(H,23,26)/t19-,21+/m0/s1. The number of hydrogen-bond acceptors (Lipinski definition) is 3. The molecule has 2 atom stereocenters. The largest absolute Gasteiger partial charge is 0.368 e. The lowest BCUT2D eigenvalue weighted by atomic mass is 9.83. The summed E-state index contributed by atoms with van der Waals surface area (Å²) in [7, 11) is 0. The van der Waals surface area contributed by atoms with Gasteiger partial charge in [-0.15, -0.1) is 0 Å². The molecule has 2 aliphatic heterocycles. The van der Waals surface area contributed by atoms with Crippen LogP contribution < -0.4 is 15.1 Å². The minimum Gasteiger partial charge on any atom is -0.368 e. The van der Waals surface area contributed by atoms with Crippen LogP contribution in [0.4, 0.5) is 11.4 Å². The van der Waals surface area contributed by atoms with Crippen LogP contribution in [0.5, 0.6) is 0 Å². The lowest BCUT2D eigenvalue weighted by Crippen LogP contribution is -2.61. The van der Waals surface area contributed by atoms with E-state index in [1.165, 1.54) is 22.5 Å². The predicted molar refractivity (Wildman–Crippen MR) is 107 cm³/mol. The van der Waals surface area contributed by atoms with Crippen molar-refractivity contribution < 1.29 is 4.79 Å². The number of rotatable bonds is 3. The van der Waals surface area contributed by atoms with E-state index in [-0.39, 0.29) is 17.9 Å². The fraction of sp³-hybridized carbons (Fsp3) is 0.409. The summed E-state index contributed by atoms with van der Waals surface area (Å²) in [6, 6.07) is 17.5. The molecule has 0 spiro atoms. The van der Waals surface area contributed by atoms with Crippen LogP contribution in [0.25, 0.3) is 0 Å². The first-order chi connectivity index (χ1) is 12.7. The number of hydrogen-bond donors (Lipinski definition) is 1. The summed E-state index contributed by atoms with van der Waals surface area (Å²) in [6.45, 7) is 7.61. The minimum atomic E-state index is -0.00176. The van der Waals surface area contributed by atoms with E-state index in [9.17, 15) is 4.79 Å². The van der Waals surface area contributed by atoms with Gasteiger partial charge in [0.25, 0.3) is 0 Å². The highest BCUT2D eigenvalue weighted by Crippen LogP contribution is 2.36. The maximum atomic E-state index is 12.8. The molecule has 4 nitrogen and oxygen atoms in total. The van der Waals surface area contributed by atoms with Crippen LogP contribution in [0.2, 0.25) is 0 Å². The molecule has 1 fully saturated rings. The number of piperazine rings is 1. The first-order valence-corrected chi connectivity index (χ1v) is 9.61. The van der Waals surface area contributed by atoms with Gasteiger partial charge in [0.05, 0.1) is 12.0 Å². The van der Waals surface area contributed by atoms with Crippen LogP contribution in [-0.2, 0) is 11.2 Å². The van der Waals surface area contributed by atoms with Gasteiger partial charge >= 0.3 is 0 Å². The van der Waals surface area contributed by atoms with Crippen molar-refractivity contribution in [3.05, 3.63) is 59.7 Å². The number of para-hydroxylation sites is 1. The molecule has 26 heavy (non-hydrogen) atoms. The molecule has 136 valence electrons. The van der Waals surface area contributed by atoms with Gasteiger partial charge < -0.3 is 15.1 Å². The number of nitrogens with one attached hydrogen (secondary N) is 1. The summed E-state index contributed by atoms with van der Waals surface area (Å²) in [5.74, 6) is 0.181. The van der Waals surface area contributed by atoms with Crippen molar-refractivity contribution in [1.82, 2.24) is 5.32 Å². The third-order valence-electron chi connectivity index (χ3n) is 5.71. The molecular formula is C22H27N3O. The molecule has 4 rings (SSSR count). The van der Waals surface area contributed by atoms with Gasteiger partial charge in [0.2, 0.25) is 5.91 Å². The average molecular weight is 349 g/mol. The summed E-state index contributed by atoms with van der Waals surface area (Å²) in [5, 5.41) is 3.06. The molecule has 1 N–H and O–H groups in total. The Kier molecular flexibility index (Phi) is 4.58. The van der Waals surface area contributed by atoms with Crippen LogP contribution in [0.1, 0.15) is 18.1 Å². The van der Waals surface area contributed by atoms with E-state index in [0.717, 1.165) is 26.1 Å². The van der Waals surface area contributed by atoms with Crippen LogP contribution in [0.15, 0.2) is 48.5 Å². The van der Waals surface area contributed by atoms with E-state index in [2.05, 4.69) is 70.6 Å². The molecule has 2 aromatic carbocycles. The fourth-order valence-electron chi connectivity index (χ4n) is 4.35. The number of nitrogens with zero attached hydrogens (tertiary/aromatic N) is 2. The molecule has 2 heterocycles. The molecule has 0 radical (unpaired) electrons. The van der Waals surface area contributed by atoms with E-state index >= 15 is 0 Å². The Labute approximate surface area is 155 Å². The van der Waals surface area contributed by atoms with E-state index < -0.39 is 0 Å². The number of aryl methyl sites for hydroxylation is 1. The van der Waals surface area contributed by atoms with E-state index in [0.29, 0.717) is 6.54 Å². The summed E-state index contributed by atoms with van der Waals surface area (Å²) in [6.07, 6.45) is 0.824. The number of fused-ring (bicyclic) bond motifs is 3. The second kappa shape index (κ2) is 7.02. The molecule has 4 heteroatoms. The lowest BCUT2D eigenvalue weighted by Gasteiger charge is -2.49. The first-order valence-electron chi connectivity index (χ1n) is 9.61. The third kappa shape index (κ3) is 3.05. The van der Waals surface area contributed by atoms with E-state index in [1.807, 2.05) is 6.92 Å². The maximum Gasteiger partial charge on any atom is 0.225 e. The summed E-state index contributed by atoms with van der Waals surface area (Å²) in [4.78, 5) is 17.7. The maximum absolute atomic E-state index is 12.8.